The smallest absolute Gasteiger partial charge is 0.408 e. The number of benzene rings is 3. The van der Waals surface area contributed by atoms with Crippen LogP contribution in [0.1, 0.15) is 5.56 Å². The molecule has 0 bridgehead atoms. The number of ether oxygens (including phenoxy) is 2. The lowest BCUT2D eigenvalue weighted by molar-refractivity contribution is -0.142. The van der Waals surface area contributed by atoms with Crippen LogP contribution in [-0.2, 0) is 35.7 Å². The quantitative estimate of drug-likeness (QED) is 0.142. The van der Waals surface area contributed by atoms with E-state index in [2.05, 4.69) is 15.4 Å². The molecule has 42 heavy (non-hydrogen) atoms. The van der Waals surface area contributed by atoms with Crippen LogP contribution >= 0.6 is 11.8 Å². The summed E-state index contributed by atoms with van der Waals surface area (Å²) in [7, 11) is 1.16. The Labute approximate surface area is 249 Å². The van der Waals surface area contributed by atoms with Crippen LogP contribution in [0.15, 0.2) is 83.1 Å². The molecular weight excluding hydrogens is 580 g/mol. The molecule has 0 aliphatic heterocycles. The van der Waals surface area contributed by atoms with Crippen LogP contribution in [0.2, 0.25) is 0 Å². The summed E-state index contributed by atoms with van der Waals surface area (Å²) in [5, 5.41) is 7.94. The molecule has 0 radical (unpaired) electrons. The lowest BCUT2D eigenvalue weighted by Gasteiger charge is -2.17. The average molecular weight is 615 g/mol. The van der Waals surface area contributed by atoms with E-state index in [1.54, 1.807) is 30.3 Å². The largest absolute Gasteiger partial charge is 0.467 e. The SMILES string of the molecule is COC(=O)[C@H](CS/C=C\C(=O)NCCNS(=O)(=O)c1cccc2c(N(C)C)cccc12)NC(=O)OCc1ccccc1. The molecule has 0 aromatic heterocycles. The van der Waals surface area contributed by atoms with Crippen molar-refractivity contribution in [3.05, 3.63) is 83.8 Å². The number of nitrogens with one attached hydrogen (secondary N) is 3. The van der Waals surface area contributed by atoms with Crippen LogP contribution in [0.25, 0.3) is 10.8 Å². The van der Waals surface area contributed by atoms with E-state index >= 15 is 0 Å². The van der Waals surface area contributed by atoms with Gasteiger partial charge in [0.15, 0.2) is 0 Å². The van der Waals surface area contributed by atoms with Gasteiger partial charge in [-0.05, 0) is 23.1 Å². The minimum absolute atomic E-state index is 0.0156. The second-order valence-corrected chi connectivity index (χ2v) is 11.8. The number of hydrogen-bond donors (Lipinski definition) is 3. The minimum Gasteiger partial charge on any atom is -0.467 e. The Bertz CT molecular complexity index is 1510. The van der Waals surface area contributed by atoms with Gasteiger partial charge in [-0.1, -0.05) is 54.6 Å². The van der Waals surface area contributed by atoms with Crippen LogP contribution in [0.5, 0.6) is 0 Å². The van der Waals surface area contributed by atoms with Crippen LogP contribution in [0.3, 0.4) is 0 Å². The summed E-state index contributed by atoms with van der Waals surface area (Å²) in [4.78, 5) is 38.4. The minimum atomic E-state index is -3.83. The number of carbonyl (C=O) groups is 3. The zero-order valence-corrected chi connectivity index (χ0v) is 25.2. The van der Waals surface area contributed by atoms with Gasteiger partial charge in [0.25, 0.3) is 0 Å². The van der Waals surface area contributed by atoms with Gasteiger partial charge in [-0.2, -0.15) is 0 Å². The second-order valence-electron chi connectivity index (χ2n) is 9.13. The highest BCUT2D eigenvalue weighted by molar-refractivity contribution is 8.02. The van der Waals surface area contributed by atoms with Crippen molar-refractivity contribution >= 4 is 56.2 Å². The molecule has 11 nitrogen and oxygen atoms in total. The topological polar surface area (TPSA) is 143 Å². The van der Waals surface area contributed by atoms with Crippen LogP contribution in [0, 0.1) is 0 Å². The van der Waals surface area contributed by atoms with Crippen molar-refractivity contribution in [1.82, 2.24) is 15.4 Å². The number of hydrogen-bond acceptors (Lipinski definition) is 9. The molecule has 0 fully saturated rings. The summed E-state index contributed by atoms with van der Waals surface area (Å²) < 4.78 is 38.4. The number of esters is 1. The molecule has 0 heterocycles. The maximum atomic E-state index is 13.0. The predicted molar refractivity (Wildman–Crippen MR) is 164 cm³/mol. The van der Waals surface area contributed by atoms with Gasteiger partial charge in [-0.25, -0.2) is 22.7 Å². The molecule has 1 atom stereocenters. The number of fused-ring (bicyclic) bond motifs is 1. The highest BCUT2D eigenvalue weighted by Gasteiger charge is 2.22. The monoisotopic (exact) mass is 614 g/mol. The Morgan fingerprint density at radius 3 is 2.38 bits per heavy atom. The van der Waals surface area contributed by atoms with Gasteiger partial charge >= 0.3 is 12.1 Å². The number of thioether (sulfide) groups is 1. The summed E-state index contributed by atoms with van der Waals surface area (Å²) in [6.07, 6.45) is 0.468. The fourth-order valence-corrected chi connectivity index (χ4v) is 5.87. The number of nitrogens with zero attached hydrogens (tertiary/aromatic N) is 1. The molecule has 224 valence electrons. The number of carbonyl (C=O) groups excluding carboxylic acids is 3. The summed E-state index contributed by atoms with van der Waals surface area (Å²) in [5.74, 6) is -1.02. The first-order valence-electron chi connectivity index (χ1n) is 12.9. The molecule has 3 aromatic carbocycles. The van der Waals surface area contributed by atoms with E-state index in [0.29, 0.717) is 5.39 Å². The molecule has 13 heteroatoms. The molecule has 3 rings (SSSR count). The molecule has 3 aromatic rings. The second kappa shape index (κ2) is 15.8. The average Bonchev–Trinajstić information content (AvgIpc) is 2.99. The third kappa shape index (κ3) is 9.50. The third-order valence-electron chi connectivity index (χ3n) is 5.92. The Morgan fingerprint density at radius 2 is 1.67 bits per heavy atom. The van der Waals surface area contributed by atoms with Crippen LogP contribution in [-0.4, -0.2) is 72.5 Å². The third-order valence-corrected chi connectivity index (χ3v) is 8.29. The van der Waals surface area contributed by atoms with Crippen molar-refractivity contribution in [3.63, 3.8) is 0 Å². The molecule has 0 saturated heterocycles. The van der Waals surface area contributed by atoms with E-state index in [9.17, 15) is 22.8 Å². The van der Waals surface area contributed by atoms with Gasteiger partial charge in [0.2, 0.25) is 15.9 Å². The van der Waals surface area contributed by atoms with E-state index < -0.39 is 34.0 Å². The van der Waals surface area contributed by atoms with Crippen molar-refractivity contribution in [1.29, 1.82) is 0 Å². The summed E-state index contributed by atoms with van der Waals surface area (Å²) in [6, 6.07) is 18.7. The molecule has 0 spiro atoms. The van der Waals surface area contributed by atoms with Gasteiger partial charge < -0.3 is 25.0 Å². The fraction of sp³-hybridized carbons (Fsp3) is 0.276. The van der Waals surface area contributed by atoms with Gasteiger partial charge in [-0.3, -0.25) is 4.79 Å². The van der Waals surface area contributed by atoms with Gasteiger partial charge in [0.1, 0.15) is 12.6 Å². The molecule has 0 saturated carbocycles. The molecule has 2 amide bonds. The van der Waals surface area contributed by atoms with Gasteiger partial charge in [0.05, 0.1) is 12.0 Å². The molecule has 0 aliphatic carbocycles. The van der Waals surface area contributed by atoms with Gasteiger partial charge in [-0.15, -0.1) is 11.8 Å². The number of sulfonamides is 1. The maximum absolute atomic E-state index is 13.0. The predicted octanol–water partition coefficient (Wildman–Crippen LogP) is 3.02. The van der Waals surface area contributed by atoms with Gasteiger partial charge in [0, 0.05) is 55.5 Å². The number of amides is 2. The van der Waals surface area contributed by atoms with E-state index in [-0.39, 0.29) is 30.3 Å². The lowest BCUT2D eigenvalue weighted by Crippen LogP contribution is -2.43. The van der Waals surface area contributed by atoms with Crippen molar-refractivity contribution in [2.45, 2.75) is 17.5 Å². The molecular formula is C29H34N4O7S2. The highest BCUT2D eigenvalue weighted by atomic mass is 32.2. The maximum Gasteiger partial charge on any atom is 0.408 e. The van der Waals surface area contributed by atoms with E-state index in [0.717, 1.165) is 28.4 Å². The lowest BCUT2D eigenvalue weighted by atomic mass is 10.1. The van der Waals surface area contributed by atoms with Crippen LogP contribution in [0.4, 0.5) is 10.5 Å². The zero-order chi connectivity index (χ0) is 30.5. The Morgan fingerprint density at radius 1 is 0.952 bits per heavy atom. The summed E-state index contributed by atoms with van der Waals surface area (Å²) >= 11 is 1.11. The standard InChI is InChI=1S/C29H34N4O7S2/c1-33(2)25-13-7-12-23-22(25)11-8-14-26(23)42(37,38)31-17-16-30-27(34)15-18-41-20-24(28(35)39-3)32-29(36)40-19-21-9-5-4-6-10-21/h4-15,18,24,31H,16-17,19-20H2,1-3H3,(H,30,34)(H,32,36)/b18-15-/t24-/m0/s1. The van der Waals surface area contributed by atoms with E-state index in [1.807, 2.05) is 55.4 Å². The first kappa shape index (κ1) is 32.4. The van der Waals surface area contributed by atoms with Crippen molar-refractivity contribution in [3.8, 4) is 0 Å². The number of anilines is 1. The number of rotatable bonds is 14. The Balaban J connectivity index is 1.44. The Hall–Kier alpha value is -4.07. The first-order valence-corrected chi connectivity index (χ1v) is 15.5. The zero-order valence-electron chi connectivity index (χ0n) is 23.5. The fourth-order valence-electron chi connectivity index (χ4n) is 3.88. The number of alkyl carbamates (subject to hydrolysis) is 1. The summed E-state index contributed by atoms with van der Waals surface area (Å²) in [5.41, 5.74) is 1.70. The van der Waals surface area contributed by atoms with Crippen molar-refractivity contribution in [2.75, 3.05) is 44.9 Å². The van der Waals surface area contributed by atoms with Crippen molar-refractivity contribution < 1.29 is 32.3 Å². The van der Waals surface area contributed by atoms with E-state index in [4.69, 9.17) is 9.47 Å². The molecule has 0 unspecified atom stereocenters. The summed E-state index contributed by atoms with van der Waals surface area (Å²) in [6.45, 7) is 0.0852. The normalized spacial score (nSPS) is 12.1. The first-order chi connectivity index (χ1) is 20.1. The molecule has 3 N–H and O–H groups in total. The molecule has 0 aliphatic rings. The van der Waals surface area contributed by atoms with Crippen molar-refractivity contribution in [2.24, 2.45) is 0 Å². The van der Waals surface area contributed by atoms with Crippen LogP contribution < -0.4 is 20.3 Å². The van der Waals surface area contributed by atoms with E-state index in [1.165, 1.54) is 18.6 Å². The Kier molecular flexibility index (Phi) is 12.2. The highest BCUT2D eigenvalue weighted by Crippen LogP contribution is 2.30. The number of methoxy groups -OCH3 is 1.